The van der Waals surface area contributed by atoms with Gasteiger partial charge in [-0.1, -0.05) is 51.7 Å². The van der Waals surface area contributed by atoms with Crippen molar-refractivity contribution in [1.82, 2.24) is 0 Å². The lowest BCUT2D eigenvalue weighted by Crippen LogP contribution is -2.04. The molecule has 1 unspecified atom stereocenters. The zero-order valence-electron chi connectivity index (χ0n) is 9.13. The molecular weight excluding hydrogens is 160 g/mol. The van der Waals surface area contributed by atoms with Crippen LogP contribution in [0.4, 0.5) is 0 Å². The minimum Gasteiger partial charge on any atom is -0.393 e. The third-order valence-electron chi connectivity index (χ3n) is 2.20. The van der Waals surface area contributed by atoms with Crippen molar-refractivity contribution >= 4 is 0 Å². The fraction of sp³-hybridized carbons (Fsp3) is 0.833. The summed E-state index contributed by atoms with van der Waals surface area (Å²) in [6.45, 7) is 4.32. The Balaban J connectivity index is 3.19. The lowest BCUT2D eigenvalue weighted by atomic mass is 10.1. The lowest BCUT2D eigenvalue weighted by molar-refractivity contribution is 0.163. The first-order valence-corrected chi connectivity index (χ1v) is 5.64. The minimum absolute atomic E-state index is 0.111. The van der Waals surface area contributed by atoms with Crippen LogP contribution in [0.5, 0.6) is 0 Å². The van der Waals surface area contributed by atoms with Crippen LogP contribution in [0, 0.1) is 0 Å². The maximum Gasteiger partial charge on any atom is 0.0574 e. The molecular formula is C12H24O. The summed E-state index contributed by atoms with van der Waals surface area (Å²) < 4.78 is 0. The van der Waals surface area contributed by atoms with E-state index < -0.39 is 0 Å². The van der Waals surface area contributed by atoms with Gasteiger partial charge < -0.3 is 5.11 Å². The van der Waals surface area contributed by atoms with Gasteiger partial charge in [-0.2, -0.15) is 0 Å². The second-order valence-electron chi connectivity index (χ2n) is 3.62. The third-order valence-corrected chi connectivity index (χ3v) is 2.20. The maximum atomic E-state index is 9.52. The van der Waals surface area contributed by atoms with Crippen molar-refractivity contribution < 1.29 is 5.11 Å². The molecule has 0 amide bonds. The Morgan fingerprint density at radius 3 is 2.46 bits per heavy atom. The SMILES string of the molecule is CC/C=C/CC(O)CCCCCC. The molecule has 78 valence electrons. The number of aliphatic hydroxyl groups is 1. The van der Waals surface area contributed by atoms with Crippen molar-refractivity contribution in [1.29, 1.82) is 0 Å². The summed E-state index contributed by atoms with van der Waals surface area (Å²) in [4.78, 5) is 0. The molecule has 13 heavy (non-hydrogen) atoms. The molecule has 0 spiro atoms. The molecule has 0 aromatic carbocycles. The summed E-state index contributed by atoms with van der Waals surface area (Å²) in [5, 5.41) is 9.52. The van der Waals surface area contributed by atoms with Crippen molar-refractivity contribution in [3.63, 3.8) is 0 Å². The van der Waals surface area contributed by atoms with Gasteiger partial charge in [0.25, 0.3) is 0 Å². The van der Waals surface area contributed by atoms with E-state index in [2.05, 4.69) is 26.0 Å². The molecule has 1 heteroatoms. The smallest absolute Gasteiger partial charge is 0.0574 e. The normalized spacial score (nSPS) is 13.8. The topological polar surface area (TPSA) is 20.2 Å². The molecule has 0 aromatic heterocycles. The average Bonchev–Trinajstić information content (AvgIpc) is 2.13. The van der Waals surface area contributed by atoms with Gasteiger partial charge in [-0.3, -0.25) is 0 Å². The van der Waals surface area contributed by atoms with E-state index in [1.54, 1.807) is 0 Å². The maximum absolute atomic E-state index is 9.52. The molecule has 0 radical (unpaired) electrons. The van der Waals surface area contributed by atoms with Crippen LogP contribution in [0.1, 0.15) is 58.8 Å². The van der Waals surface area contributed by atoms with Gasteiger partial charge >= 0.3 is 0 Å². The van der Waals surface area contributed by atoms with Crippen LogP contribution in [-0.2, 0) is 0 Å². The van der Waals surface area contributed by atoms with Crippen LogP contribution in [0.3, 0.4) is 0 Å². The summed E-state index contributed by atoms with van der Waals surface area (Å²) in [6, 6.07) is 0. The fourth-order valence-electron chi connectivity index (χ4n) is 1.34. The van der Waals surface area contributed by atoms with E-state index >= 15 is 0 Å². The quantitative estimate of drug-likeness (QED) is 0.451. The Hall–Kier alpha value is -0.300. The van der Waals surface area contributed by atoms with E-state index in [0.717, 1.165) is 19.3 Å². The van der Waals surface area contributed by atoms with Crippen molar-refractivity contribution in [2.75, 3.05) is 0 Å². The Labute approximate surface area is 82.9 Å². The largest absolute Gasteiger partial charge is 0.393 e. The number of allylic oxidation sites excluding steroid dienone is 1. The molecule has 1 atom stereocenters. The van der Waals surface area contributed by atoms with Crippen LogP contribution < -0.4 is 0 Å². The van der Waals surface area contributed by atoms with E-state index in [4.69, 9.17) is 0 Å². The average molecular weight is 184 g/mol. The van der Waals surface area contributed by atoms with Crippen molar-refractivity contribution in [3.8, 4) is 0 Å². The molecule has 0 saturated carbocycles. The van der Waals surface area contributed by atoms with Crippen LogP contribution in [0.2, 0.25) is 0 Å². The van der Waals surface area contributed by atoms with Gasteiger partial charge in [0, 0.05) is 0 Å². The van der Waals surface area contributed by atoms with Crippen molar-refractivity contribution in [2.45, 2.75) is 64.9 Å². The predicted molar refractivity (Wildman–Crippen MR) is 58.8 cm³/mol. The van der Waals surface area contributed by atoms with E-state index in [0.29, 0.717) is 0 Å². The number of hydrogen-bond donors (Lipinski definition) is 1. The van der Waals surface area contributed by atoms with Crippen molar-refractivity contribution in [2.24, 2.45) is 0 Å². The number of unbranched alkanes of at least 4 members (excludes halogenated alkanes) is 3. The number of hydrogen-bond acceptors (Lipinski definition) is 1. The first kappa shape index (κ1) is 12.7. The number of aliphatic hydroxyl groups excluding tert-OH is 1. The molecule has 0 aliphatic rings. The first-order chi connectivity index (χ1) is 6.31. The summed E-state index contributed by atoms with van der Waals surface area (Å²) in [6.07, 6.45) is 12.0. The van der Waals surface area contributed by atoms with Gasteiger partial charge in [-0.25, -0.2) is 0 Å². The molecule has 1 N–H and O–H groups in total. The molecule has 0 rings (SSSR count). The van der Waals surface area contributed by atoms with E-state index in [9.17, 15) is 5.11 Å². The van der Waals surface area contributed by atoms with Crippen molar-refractivity contribution in [3.05, 3.63) is 12.2 Å². The number of rotatable bonds is 8. The van der Waals surface area contributed by atoms with E-state index in [1.807, 2.05) is 0 Å². The van der Waals surface area contributed by atoms with Gasteiger partial charge in [0.05, 0.1) is 6.10 Å². The van der Waals surface area contributed by atoms with Crippen LogP contribution in [0.25, 0.3) is 0 Å². The molecule has 0 fully saturated rings. The summed E-state index contributed by atoms with van der Waals surface area (Å²) in [5.41, 5.74) is 0. The molecule has 0 aliphatic heterocycles. The monoisotopic (exact) mass is 184 g/mol. The summed E-state index contributed by atoms with van der Waals surface area (Å²) >= 11 is 0. The first-order valence-electron chi connectivity index (χ1n) is 5.64. The van der Waals surface area contributed by atoms with Gasteiger partial charge in [0.1, 0.15) is 0 Å². The fourth-order valence-corrected chi connectivity index (χ4v) is 1.34. The molecule has 0 aromatic rings. The van der Waals surface area contributed by atoms with Crippen LogP contribution in [0.15, 0.2) is 12.2 Å². The predicted octanol–water partition coefficient (Wildman–Crippen LogP) is 3.67. The minimum atomic E-state index is -0.111. The standard InChI is InChI=1S/C12H24O/c1-3-5-7-9-11-12(13)10-8-6-4-2/h6,8,12-13H,3-5,7,9-11H2,1-2H3/b8-6+. The molecule has 0 bridgehead atoms. The molecule has 1 nitrogen and oxygen atoms in total. The Kier molecular flexibility index (Phi) is 9.56. The van der Waals surface area contributed by atoms with Gasteiger partial charge in [-0.05, 0) is 19.3 Å². The highest BCUT2D eigenvalue weighted by molar-refractivity contribution is 4.82. The molecule has 0 saturated heterocycles. The van der Waals surface area contributed by atoms with Gasteiger partial charge in [-0.15, -0.1) is 0 Å². The van der Waals surface area contributed by atoms with Crippen LogP contribution in [-0.4, -0.2) is 11.2 Å². The summed E-state index contributed by atoms with van der Waals surface area (Å²) in [5.74, 6) is 0. The molecule has 0 heterocycles. The Bertz CT molecular complexity index is 118. The van der Waals surface area contributed by atoms with Gasteiger partial charge in [0.2, 0.25) is 0 Å². The van der Waals surface area contributed by atoms with Crippen LogP contribution >= 0.6 is 0 Å². The van der Waals surface area contributed by atoms with E-state index in [-0.39, 0.29) is 6.10 Å². The highest BCUT2D eigenvalue weighted by Gasteiger charge is 2.00. The van der Waals surface area contributed by atoms with Gasteiger partial charge in [0.15, 0.2) is 0 Å². The van der Waals surface area contributed by atoms with E-state index in [1.165, 1.54) is 25.7 Å². The second-order valence-corrected chi connectivity index (χ2v) is 3.62. The lowest BCUT2D eigenvalue weighted by Gasteiger charge is -2.06. The summed E-state index contributed by atoms with van der Waals surface area (Å²) in [7, 11) is 0. The zero-order valence-corrected chi connectivity index (χ0v) is 9.13. The third kappa shape index (κ3) is 9.62. The highest BCUT2D eigenvalue weighted by Crippen LogP contribution is 2.08. The zero-order chi connectivity index (χ0) is 9.94. The molecule has 0 aliphatic carbocycles. The highest BCUT2D eigenvalue weighted by atomic mass is 16.3. The Morgan fingerprint density at radius 1 is 1.08 bits per heavy atom. The second kappa shape index (κ2) is 9.79. The Morgan fingerprint density at radius 2 is 1.85 bits per heavy atom.